The van der Waals surface area contributed by atoms with Gasteiger partial charge in [-0.05, 0) is 41.0 Å². The Kier molecular flexibility index (Phi) is 6.67. The molecular formula is C14H26N4O2S. The van der Waals surface area contributed by atoms with Crippen LogP contribution in [0.3, 0.4) is 0 Å². The number of rotatable bonds is 8. The van der Waals surface area contributed by atoms with Crippen molar-refractivity contribution >= 4 is 17.7 Å². The summed E-state index contributed by atoms with van der Waals surface area (Å²) < 4.78 is 7.14. The molecule has 1 heterocycles. The molecule has 0 amide bonds. The van der Waals surface area contributed by atoms with Gasteiger partial charge in [-0.25, -0.2) is 0 Å². The predicted octanol–water partition coefficient (Wildman–Crippen LogP) is 1.93. The second-order valence-corrected chi connectivity index (χ2v) is 6.60. The minimum atomic E-state index is -0.676. The Labute approximate surface area is 131 Å². The van der Waals surface area contributed by atoms with Crippen molar-refractivity contribution in [2.45, 2.75) is 57.8 Å². The van der Waals surface area contributed by atoms with Crippen LogP contribution in [0.1, 0.15) is 39.9 Å². The summed E-state index contributed by atoms with van der Waals surface area (Å²) >= 11 is 1.60. The van der Waals surface area contributed by atoms with Crippen molar-refractivity contribution in [2.24, 2.45) is 7.05 Å². The SMILES string of the molecule is CCOC(=O)C(C)(CCSc1nnc(C)n1C)NC(C)C. The van der Waals surface area contributed by atoms with Gasteiger partial charge in [0.25, 0.3) is 0 Å². The summed E-state index contributed by atoms with van der Waals surface area (Å²) in [4.78, 5) is 12.2. The highest BCUT2D eigenvalue weighted by Gasteiger charge is 2.34. The van der Waals surface area contributed by atoms with Crippen LogP contribution in [0.25, 0.3) is 0 Å². The van der Waals surface area contributed by atoms with E-state index < -0.39 is 5.54 Å². The molecular weight excluding hydrogens is 288 g/mol. The van der Waals surface area contributed by atoms with Crippen LogP contribution < -0.4 is 5.32 Å². The number of thioether (sulfide) groups is 1. The molecule has 0 saturated heterocycles. The maximum Gasteiger partial charge on any atom is 0.326 e. The highest BCUT2D eigenvalue weighted by Crippen LogP contribution is 2.22. The molecule has 0 saturated carbocycles. The maximum atomic E-state index is 12.2. The van der Waals surface area contributed by atoms with Crippen molar-refractivity contribution in [2.75, 3.05) is 12.4 Å². The summed E-state index contributed by atoms with van der Waals surface area (Å²) in [6.07, 6.45) is 0.667. The number of carbonyl (C=O) groups is 1. The number of nitrogens with zero attached hydrogens (tertiary/aromatic N) is 3. The molecule has 7 heteroatoms. The van der Waals surface area contributed by atoms with Gasteiger partial charge in [0.05, 0.1) is 6.61 Å². The van der Waals surface area contributed by atoms with Crippen molar-refractivity contribution < 1.29 is 9.53 Å². The molecule has 1 atom stereocenters. The lowest BCUT2D eigenvalue weighted by atomic mass is 9.98. The van der Waals surface area contributed by atoms with Gasteiger partial charge in [-0.1, -0.05) is 11.8 Å². The molecule has 0 radical (unpaired) electrons. The summed E-state index contributed by atoms with van der Waals surface area (Å²) in [6.45, 7) is 10.1. The van der Waals surface area contributed by atoms with Crippen molar-refractivity contribution in [1.82, 2.24) is 20.1 Å². The van der Waals surface area contributed by atoms with E-state index in [1.165, 1.54) is 0 Å². The summed E-state index contributed by atoms with van der Waals surface area (Å²) in [5.41, 5.74) is -0.676. The number of carbonyl (C=O) groups excluding carboxylic acids is 1. The van der Waals surface area contributed by atoms with Crippen molar-refractivity contribution in [1.29, 1.82) is 0 Å². The van der Waals surface area contributed by atoms with Crippen LogP contribution in [-0.2, 0) is 16.6 Å². The Bertz CT molecular complexity index is 476. The van der Waals surface area contributed by atoms with Gasteiger partial charge in [-0.15, -0.1) is 10.2 Å². The van der Waals surface area contributed by atoms with E-state index in [2.05, 4.69) is 15.5 Å². The second-order valence-electron chi connectivity index (χ2n) is 5.54. The lowest BCUT2D eigenvalue weighted by Gasteiger charge is -2.30. The quantitative estimate of drug-likeness (QED) is 0.584. The van der Waals surface area contributed by atoms with E-state index in [0.717, 1.165) is 16.7 Å². The molecule has 1 aromatic rings. The number of nitrogens with one attached hydrogen (secondary N) is 1. The molecule has 0 fully saturated rings. The first-order valence-corrected chi connectivity index (χ1v) is 8.22. The normalized spacial score (nSPS) is 14.2. The molecule has 6 nitrogen and oxygen atoms in total. The van der Waals surface area contributed by atoms with Crippen LogP contribution in [0.5, 0.6) is 0 Å². The van der Waals surface area contributed by atoms with Gasteiger partial charge in [-0.3, -0.25) is 10.1 Å². The first-order valence-electron chi connectivity index (χ1n) is 7.24. The summed E-state index contributed by atoms with van der Waals surface area (Å²) in [7, 11) is 1.94. The van der Waals surface area contributed by atoms with Crippen LogP contribution in [0.15, 0.2) is 5.16 Å². The fraction of sp³-hybridized carbons (Fsp3) is 0.786. The third kappa shape index (κ3) is 5.00. The van der Waals surface area contributed by atoms with Gasteiger partial charge in [0.2, 0.25) is 0 Å². The molecule has 0 aromatic carbocycles. The molecule has 0 bridgehead atoms. The molecule has 120 valence electrons. The van der Waals surface area contributed by atoms with Gasteiger partial charge in [0.15, 0.2) is 5.16 Å². The van der Waals surface area contributed by atoms with E-state index >= 15 is 0 Å². The summed E-state index contributed by atoms with van der Waals surface area (Å²) in [6, 6.07) is 0.210. The van der Waals surface area contributed by atoms with E-state index in [4.69, 9.17) is 4.74 Å². The molecule has 0 spiro atoms. The van der Waals surface area contributed by atoms with Crippen molar-refractivity contribution in [3.63, 3.8) is 0 Å². The third-order valence-electron chi connectivity index (χ3n) is 3.22. The number of hydrogen-bond acceptors (Lipinski definition) is 6. The van der Waals surface area contributed by atoms with E-state index in [1.54, 1.807) is 11.8 Å². The summed E-state index contributed by atoms with van der Waals surface area (Å²) in [5, 5.41) is 12.3. The van der Waals surface area contributed by atoms with Crippen LogP contribution >= 0.6 is 11.8 Å². The predicted molar refractivity (Wildman–Crippen MR) is 84.4 cm³/mol. The Morgan fingerprint density at radius 3 is 2.62 bits per heavy atom. The van der Waals surface area contributed by atoms with Gasteiger partial charge < -0.3 is 9.30 Å². The van der Waals surface area contributed by atoms with E-state index in [0.29, 0.717) is 13.0 Å². The number of aromatic nitrogens is 3. The fourth-order valence-electron chi connectivity index (χ4n) is 2.02. The third-order valence-corrected chi connectivity index (χ3v) is 4.24. The van der Waals surface area contributed by atoms with Crippen LogP contribution in [0.2, 0.25) is 0 Å². The zero-order chi connectivity index (χ0) is 16.0. The average molecular weight is 314 g/mol. The van der Waals surface area contributed by atoms with E-state index in [-0.39, 0.29) is 12.0 Å². The first-order chi connectivity index (χ1) is 9.80. The molecule has 0 aliphatic heterocycles. The Morgan fingerprint density at radius 2 is 2.14 bits per heavy atom. The van der Waals surface area contributed by atoms with Gasteiger partial charge >= 0.3 is 5.97 Å². The zero-order valence-electron chi connectivity index (χ0n) is 13.8. The largest absolute Gasteiger partial charge is 0.465 e. The number of esters is 1. The lowest BCUT2D eigenvalue weighted by molar-refractivity contribution is -0.150. The maximum absolute atomic E-state index is 12.2. The number of ether oxygens (including phenoxy) is 1. The highest BCUT2D eigenvalue weighted by molar-refractivity contribution is 7.99. The zero-order valence-corrected chi connectivity index (χ0v) is 14.6. The van der Waals surface area contributed by atoms with Gasteiger partial charge in [0, 0.05) is 18.8 Å². The Balaban J connectivity index is 2.65. The second kappa shape index (κ2) is 7.79. The fourth-order valence-corrected chi connectivity index (χ4v) is 3.14. The van der Waals surface area contributed by atoms with Crippen molar-refractivity contribution in [3.05, 3.63) is 5.82 Å². The smallest absolute Gasteiger partial charge is 0.326 e. The number of hydrogen-bond donors (Lipinski definition) is 1. The standard InChI is InChI=1S/C14H26N4O2S/c1-7-20-12(19)14(5,15-10(2)3)8-9-21-13-17-16-11(4)18(13)6/h10,15H,7-9H2,1-6H3. The average Bonchev–Trinajstić information content (AvgIpc) is 2.70. The minimum absolute atomic E-state index is 0.201. The van der Waals surface area contributed by atoms with Crippen LogP contribution in [-0.4, -0.2) is 44.7 Å². The molecule has 21 heavy (non-hydrogen) atoms. The Morgan fingerprint density at radius 1 is 1.48 bits per heavy atom. The minimum Gasteiger partial charge on any atom is -0.465 e. The molecule has 1 N–H and O–H groups in total. The van der Waals surface area contributed by atoms with E-state index in [1.807, 2.05) is 46.2 Å². The van der Waals surface area contributed by atoms with E-state index in [9.17, 15) is 4.79 Å². The molecule has 1 unspecified atom stereocenters. The van der Waals surface area contributed by atoms with Gasteiger partial charge in [0.1, 0.15) is 11.4 Å². The Hall–Kier alpha value is -1.08. The lowest BCUT2D eigenvalue weighted by Crippen LogP contribution is -2.53. The number of aryl methyl sites for hydroxylation is 1. The van der Waals surface area contributed by atoms with Crippen LogP contribution in [0, 0.1) is 6.92 Å². The molecule has 0 aliphatic rings. The van der Waals surface area contributed by atoms with Crippen molar-refractivity contribution in [3.8, 4) is 0 Å². The molecule has 0 aliphatic carbocycles. The summed E-state index contributed by atoms with van der Waals surface area (Å²) in [5.74, 6) is 1.44. The highest BCUT2D eigenvalue weighted by atomic mass is 32.2. The monoisotopic (exact) mass is 314 g/mol. The topological polar surface area (TPSA) is 69.0 Å². The molecule has 1 rings (SSSR count). The first kappa shape index (κ1) is 18.0. The van der Waals surface area contributed by atoms with Crippen LogP contribution in [0.4, 0.5) is 0 Å². The molecule has 1 aromatic heterocycles. The van der Waals surface area contributed by atoms with Gasteiger partial charge in [-0.2, -0.15) is 0 Å².